The van der Waals surface area contributed by atoms with Crippen LogP contribution >= 0.6 is 0 Å². The summed E-state index contributed by atoms with van der Waals surface area (Å²) in [6.45, 7) is 3.79. The van der Waals surface area contributed by atoms with E-state index in [9.17, 15) is 9.59 Å². The summed E-state index contributed by atoms with van der Waals surface area (Å²) in [5.74, 6) is 0.655. The number of hydrogen-bond donors (Lipinski definition) is 3. The lowest BCUT2D eigenvalue weighted by molar-refractivity contribution is 0.0898. The third-order valence-electron chi connectivity index (χ3n) is 5.25. The minimum Gasteiger partial charge on any atom is -0.497 e. The average molecular weight is 396 g/mol. The molecular formula is C23H29N3O3. The highest BCUT2D eigenvalue weighted by molar-refractivity contribution is 5.97. The van der Waals surface area contributed by atoms with Crippen LogP contribution < -0.4 is 20.7 Å². The van der Waals surface area contributed by atoms with Gasteiger partial charge in [-0.3, -0.25) is 4.79 Å². The smallest absolute Gasteiger partial charge is 0.319 e. The first-order chi connectivity index (χ1) is 13.9. The van der Waals surface area contributed by atoms with E-state index in [0.29, 0.717) is 11.3 Å². The number of carbonyl (C=O) groups is 2. The summed E-state index contributed by atoms with van der Waals surface area (Å²) >= 11 is 0. The van der Waals surface area contributed by atoms with Gasteiger partial charge in [0.05, 0.1) is 12.6 Å². The highest BCUT2D eigenvalue weighted by Crippen LogP contribution is 2.39. The molecule has 0 saturated heterocycles. The molecular weight excluding hydrogens is 366 g/mol. The van der Waals surface area contributed by atoms with Crippen LogP contribution in [0.2, 0.25) is 0 Å². The molecule has 3 amide bonds. The van der Waals surface area contributed by atoms with Crippen molar-refractivity contribution in [3.8, 4) is 5.75 Å². The maximum atomic E-state index is 13.1. The predicted molar refractivity (Wildman–Crippen MR) is 114 cm³/mol. The van der Waals surface area contributed by atoms with Crippen LogP contribution in [0.3, 0.4) is 0 Å². The van der Waals surface area contributed by atoms with E-state index >= 15 is 0 Å². The minimum absolute atomic E-state index is 0.0354. The Morgan fingerprint density at radius 3 is 2.34 bits per heavy atom. The molecule has 1 aliphatic carbocycles. The highest BCUT2D eigenvalue weighted by Gasteiger charge is 2.37. The number of amides is 3. The summed E-state index contributed by atoms with van der Waals surface area (Å²) in [5.41, 5.74) is 1.82. The van der Waals surface area contributed by atoms with Gasteiger partial charge in [-0.15, -0.1) is 0 Å². The third kappa shape index (κ3) is 5.08. The zero-order valence-corrected chi connectivity index (χ0v) is 17.2. The summed E-state index contributed by atoms with van der Waals surface area (Å²) < 4.78 is 5.26. The van der Waals surface area contributed by atoms with Crippen LogP contribution in [-0.2, 0) is 5.54 Å². The van der Waals surface area contributed by atoms with E-state index in [2.05, 4.69) is 16.0 Å². The average Bonchev–Trinajstić information content (AvgIpc) is 3.17. The van der Waals surface area contributed by atoms with E-state index in [-0.39, 0.29) is 23.5 Å². The van der Waals surface area contributed by atoms with Crippen LogP contribution in [0.1, 0.15) is 55.5 Å². The van der Waals surface area contributed by atoms with Crippen molar-refractivity contribution in [2.75, 3.05) is 12.4 Å². The number of rotatable bonds is 6. The van der Waals surface area contributed by atoms with Gasteiger partial charge in [-0.1, -0.05) is 31.0 Å². The van der Waals surface area contributed by atoms with Gasteiger partial charge in [0.25, 0.3) is 5.91 Å². The quantitative estimate of drug-likeness (QED) is 0.677. The summed E-state index contributed by atoms with van der Waals surface area (Å²) in [6.07, 6.45) is 3.95. The molecule has 0 aromatic heterocycles. The number of nitrogens with one attached hydrogen (secondary N) is 3. The van der Waals surface area contributed by atoms with Gasteiger partial charge in [0.15, 0.2) is 0 Å². The summed E-state index contributed by atoms with van der Waals surface area (Å²) in [5, 5.41) is 8.81. The summed E-state index contributed by atoms with van der Waals surface area (Å²) in [4.78, 5) is 25.0. The first-order valence-electron chi connectivity index (χ1n) is 10.1. The molecule has 0 bridgehead atoms. The largest absolute Gasteiger partial charge is 0.497 e. The first-order valence-corrected chi connectivity index (χ1v) is 10.1. The first kappa shape index (κ1) is 20.7. The van der Waals surface area contributed by atoms with Crippen molar-refractivity contribution in [1.82, 2.24) is 10.6 Å². The van der Waals surface area contributed by atoms with Crippen LogP contribution in [0, 0.1) is 0 Å². The van der Waals surface area contributed by atoms with Gasteiger partial charge in [-0.25, -0.2) is 4.79 Å². The molecule has 0 atom stereocenters. The van der Waals surface area contributed by atoms with Gasteiger partial charge in [0.1, 0.15) is 5.75 Å². The SMILES string of the molecule is COc1ccc(C2(NC(=O)c3cccc(NC(=O)NC(C)C)c3)CCCC2)cc1. The van der Waals surface area contributed by atoms with Crippen molar-refractivity contribution in [3.63, 3.8) is 0 Å². The van der Waals surface area contributed by atoms with Gasteiger partial charge in [0.2, 0.25) is 0 Å². The van der Waals surface area contributed by atoms with Crippen molar-refractivity contribution >= 4 is 17.6 Å². The second kappa shape index (κ2) is 8.99. The Labute approximate surface area is 172 Å². The van der Waals surface area contributed by atoms with Crippen LogP contribution in [0.4, 0.5) is 10.5 Å². The summed E-state index contributed by atoms with van der Waals surface area (Å²) in [7, 11) is 1.64. The normalized spacial score (nSPS) is 15.0. The van der Waals surface area contributed by atoms with E-state index in [0.717, 1.165) is 37.0 Å². The number of carbonyl (C=O) groups excluding carboxylic acids is 2. The Morgan fingerprint density at radius 2 is 1.72 bits per heavy atom. The van der Waals surface area contributed by atoms with Crippen molar-refractivity contribution in [2.45, 2.75) is 51.1 Å². The predicted octanol–water partition coefficient (Wildman–Crippen LogP) is 4.42. The fraction of sp³-hybridized carbons (Fsp3) is 0.391. The minimum atomic E-state index is -0.373. The number of methoxy groups -OCH3 is 1. The fourth-order valence-corrected chi connectivity index (χ4v) is 3.83. The Balaban J connectivity index is 1.76. The molecule has 0 heterocycles. The third-order valence-corrected chi connectivity index (χ3v) is 5.25. The molecule has 1 saturated carbocycles. The second-order valence-electron chi connectivity index (χ2n) is 7.81. The van der Waals surface area contributed by atoms with Gasteiger partial charge in [-0.2, -0.15) is 0 Å². The Bertz CT molecular complexity index is 856. The maximum Gasteiger partial charge on any atom is 0.319 e. The molecule has 29 heavy (non-hydrogen) atoms. The molecule has 6 nitrogen and oxygen atoms in total. The number of urea groups is 1. The molecule has 0 radical (unpaired) electrons. The van der Waals surface area contributed by atoms with Crippen LogP contribution in [0.25, 0.3) is 0 Å². The Kier molecular flexibility index (Phi) is 6.42. The lowest BCUT2D eigenvalue weighted by atomic mass is 9.87. The molecule has 154 valence electrons. The zero-order valence-electron chi connectivity index (χ0n) is 17.2. The van der Waals surface area contributed by atoms with Crippen molar-refractivity contribution in [2.24, 2.45) is 0 Å². The van der Waals surface area contributed by atoms with Crippen LogP contribution in [-0.4, -0.2) is 25.1 Å². The molecule has 2 aromatic carbocycles. The lowest BCUT2D eigenvalue weighted by Crippen LogP contribution is -2.43. The molecule has 0 unspecified atom stereocenters. The number of ether oxygens (including phenoxy) is 1. The standard InChI is InChI=1S/C23H29N3O3/c1-16(2)24-22(28)25-19-8-6-7-17(15-19)21(27)26-23(13-4-5-14-23)18-9-11-20(29-3)12-10-18/h6-12,15-16H,4-5,13-14H2,1-3H3,(H,26,27)(H2,24,25,28). The molecule has 3 N–H and O–H groups in total. The van der Waals surface area contributed by atoms with Gasteiger partial charge in [0, 0.05) is 17.3 Å². The molecule has 1 fully saturated rings. The topological polar surface area (TPSA) is 79.5 Å². The molecule has 0 aliphatic heterocycles. The number of hydrogen-bond acceptors (Lipinski definition) is 3. The lowest BCUT2D eigenvalue weighted by Gasteiger charge is -2.31. The van der Waals surface area contributed by atoms with E-state index < -0.39 is 0 Å². The number of benzene rings is 2. The van der Waals surface area contributed by atoms with Gasteiger partial charge < -0.3 is 20.7 Å². The van der Waals surface area contributed by atoms with Crippen molar-refractivity contribution in [1.29, 1.82) is 0 Å². The van der Waals surface area contributed by atoms with Crippen LogP contribution in [0.5, 0.6) is 5.75 Å². The van der Waals surface area contributed by atoms with E-state index in [4.69, 9.17) is 4.74 Å². The Hall–Kier alpha value is -3.02. The van der Waals surface area contributed by atoms with E-state index in [1.807, 2.05) is 38.1 Å². The van der Waals surface area contributed by atoms with Gasteiger partial charge in [-0.05, 0) is 62.6 Å². The van der Waals surface area contributed by atoms with Crippen LogP contribution in [0.15, 0.2) is 48.5 Å². The molecule has 6 heteroatoms. The van der Waals surface area contributed by atoms with Crippen molar-refractivity contribution in [3.05, 3.63) is 59.7 Å². The van der Waals surface area contributed by atoms with E-state index in [1.165, 1.54) is 0 Å². The van der Waals surface area contributed by atoms with Crippen molar-refractivity contribution < 1.29 is 14.3 Å². The maximum absolute atomic E-state index is 13.1. The zero-order chi connectivity index (χ0) is 20.9. The molecule has 1 aliphatic rings. The molecule has 0 spiro atoms. The number of anilines is 1. The molecule has 2 aromatic rings. The monoisotopic (exact) mass is 395 g/mol. The second-order valence-corrected chi connectivity index (χ2v) is 7.81. The molecule has 3 rings (SSSR count). The Morgan fingerprint density at radius 1 is 1.03 bits per heavy atom. The van der Waals surface area contributed by atoms with E-state index in [1.54, 1.807) is 31.4 Å². The highest BCUT2D eigenvalue weighted by atomic mass is 16.5. The fourth-order valence-electron chi connectivity index (χ4n) is 3.83. The van der Waals surface area contributed by atoms with Gasteiger partial charge >= 0.3 is 6.03 Å². The summed E-state index contributed by atoms with van der Waals surface area (Å²) in [6, 6.07) is 14.7.